The number of ether oxygens (including phenoxy) is 1. The molecule has 1 fully saturated rings. The van der Waals surface area contributed by atoms with E-state index in [1.165, 1.54) is 17.7 Å². The maximum atomic E-state index is 13.5. The van der Waals surface area contributed by atoms with Gasteiger partial charge < -0.3 is 15.0 Å². The minimum atomic E-state index is -0.280. The number of amides is 1. The van der Waals surface area contributed by atoms with Gasteiger partial charge >= 0.3 is 0 Å². The predicted molar refractivity (Wildman–Crippen MR) is 117 cm³/mol. The van der Waals surface area contributed by atoms with Crippen LogP contribution in [0.5, 0.6) is 0 Å². The molecule has 158 valence electrons. The average molecular weight is 409 g/mol. The number of aromatic amines is 1. The first-order chi connectivity index (χ1) is 14.5. The van der Waals surface area contributed by atoms with Crippen LogP contribution in [-0.2, 0) is 16.0 Å². The summed E-state index contributed by atoms with van der Waals surface area (Å²) >= 11 is 0. The van der Waals surface area contributed by atoms with Gasteiger partial charge in [0.05, 0.1) is 5.60 Å². The maximum Gasteiger partial charge on any atom is 0.221 e. The molecule has 4 nitrogen and oxygen atoms in total. The highest BCUT2D eigenvalue weighted by molar-refractivity contribution is 5.88. The molecule has 0 bridgehead atoms. The molecule has 2 N–H and O–H groups in total. The van der Waals surface area contributed by atoms with Gasteiger partial charge in [-0.05, 0) is 55.0 Å². The molecule has 2 atom stereocenters. The Kier molecular flexibility index (Phi) is 5.91. The molecule has 0 spiro atoms. The number of hydrogen-bond acceptors (Lipinski definition) is 2. The third-order valence-electron chi connectivity index (χ3n) is 6.21. The van der Waals surface area contributed by atoms with Gasteiger partial charge in [-0.25, -0.2) is 4.39 Å². The SMILES string of the molecule is CCc1cccc2c([C@@H](CC(=O)NC[C@]3(C)CCCO3)c3ccc(F)cc3)c[nH]c12. The van der Waals surface area contributed by atoms with Crippen LogP contribution < -0.4 is 5.32 Å². The van der Waals surface area contributed by atoms with Crippen LogP contribution in [0.2, 0.25) is 0 Å². The van der Waals surface area contributed by atoms with Crippen molar-refractivity contribution in [3.05, 3.63) is 71.2 Å². The van der Waals surface area contributed by atoms with Crippen molar-refractivity contribution >= 4 is 16.8 Å². The number of carbonyl (C=O) groups excluding carboxylic acids is 1. The molecular formula is C25H29FN2O2. The van der Waals surface area contributed by atoms with Gasteiger partial charge in [0, 0.05) is 42.6 Å². The molecule has 2 aromatic carbocycles. The van der Waals surface area contributed by atoms with E-state index in [-0.39, 0.29) is 23.2 Å². The van der Waals surface area contributed by atoms with Crippen molar-refractivity contribution in [2.24, 2.45) is 0 Å². The predicted octanol–water partition coefficient (Wildman–Crippen LogP) is 5.08. The second kappa shape index (κ2) is 8.60. The Bertz CT molecular complexity index is 1020. The fourth-order valence-electron chi connectivity index (χ4n) is 4.44. The zero-order valence-electron chi connectivity index (χ0n) is 17.6. The van der Waals surface area contributed by atoms with E-state index in [1.807, 2.05) is 13.1 Å². The van der Waals surface area contributed by atoms with E-state index in [9.17, 15) is 9.18 Å². The number of hydrogen-bond donors (Lipinski definition) is 2. The van der Waals surface area contributed by atoms with Crippen LogP contribution in [0.4, 0.5) is 4.39 Å². The summed E-state index contributed by atoms with van der Waals surface area (Å²) in [6.45, 7) is 5.44. The van der Waals surface area contributed by atoms with Crippen molar-refractivity contribution < 1.29 is 13.9 Å². The minimum Gasteiger partial charge on any atom is -0.373 e. The van der Waals surface area contributed by atoms with E-state index >= 15 is 0 Å². The summed E-state index contributed by atoms with van der Waals surface area (Å²) in [7, 11) is 0. The summed E-state index contributed by atoms with van der Waals surface area (Å²) < 4.78 is 19.3. The van der Waals surface area contributed by atoms with Gasteiger partial charge in [-0.3, -0.25) is 4.79 Å². The van der Waals surface area contributed by atoms with Crippen LogP contribution in [0.15, 0.2) is 48.7 Å². The van der Waals surface area contributed by atoms with Crippen LogP contribution >= 0.6 is 0 Å². The first-order valence-corrected chi connectivity index (χ1v) is 10.7. The standard InChI is InChI=1S/C25H29FN2O2/c1-3-17-6-4-7-20-22(15-27-24(17)20)21(18-8-10-19(26)11-9-18)14-23(29)28-16-25(2)12-5-13-30-25/h4,6-11,15,21,27H,3,5,12-14,16H2,1-2H3,(H,28,29)/t21-,25-/m0/s1. The number of halogens is 1. The van der Waals surface area contributed by atoms with Gasteiger partial charge in [-0.1, -0.05) is 37.3 Å². The molecule has 3 aromatic rings. The van der Waals surface area contributed by atoms with Crippen LogP contribution in [0.25, 0.3) is 10.9 Å². The van der Waals surface area contributed by atoms with Crippen LogP contribution in [0, 0.1) is 5.82 Å². The highest BCUT2D eigenvalue weighted by Gasteiger charge is 2.30. The van der Waals surface area contributed by atoms with Gasteiger partial charge in [0.15, 0.2) is 0 Å². The zero-order chi connectivity index (χ0) is 21.1. The zero-order valence-corrected chi connectivity index (χ0v) is 17.6. The molecule has 5 heteroatoms. The molecule has 2 heterocycles. The molecule has 4 rings (SSSR count). The number of aryl methyl sites for hydroxylation is 1. The van der Waals surface area contributed by atoms with E-state index < -0.39 is 0 Å². The summed E-state index contributed by atoms with van der Waals surface area (Å²) in [6, 6.07) is 12.7. The summed E-state index contributed by atoms with van der Waals surface area (Å²) in [5.74, 6) is -0.466. The number of nitrogens with one attached hydrogen (secondary N) is 2. The third kappa shape index (κ3) is 4.26. The smallest absolute Gasteiger partial charge is 0.221 e. The summed E-state index contributed by atoms with van der Waals surface area (Å²) in [4.78, 5) is 16.3. The average Bonchev–Trinajstić information content (AvgIpc) is 3.38. The lowest BCUT2D eigenvalue weighted by atomic mass is 9.87. The highest BCUT2D eigenvalue weighted by Crippen LogP contribution is 2.35. The number of aromatic nitrogens is 1. The molecule has 1 aliphatic rings. The topological polar surface area (TPSA) is 54.1 Å². The Morgan fingerprint density at radius 2 is 2.07 bits per heavy atom. The molecule has 0 aliphatic carbocycles. The number of para-hydroxylation sites is 1. The van der Waals surface area contributed by atoms with Gasteiger partial charge in [0.1, 0.15) is 5.82 Å². The van der Waals surface area contributed by atoms with Gasteiger partial charge in [-0.2, -0.15) is 0 Å². The summed E-state index contributed by atoms with van der Waals surface area (Å²) in [5, 5.41) is 4.17. The van der Waals surface area contributed by atoms with E-state index in [0.29, 0.717) is 13.0 Å². The lowest BCUT2D eigenvalue weighted by molar-refractivity contribution is -0.122. The Labute approximate surface area is 176 Å². The van der Waals surface area contributed by atoms with E-state index in [4.69, 9.17) is 4.74 Å². The number of rotatable bonds is 7. The monoisotopic (exact) mass is 408 g/mol. The Hall–Kier alpha value is -2.66. The molecule has 1 aliphatic heterocycles. The maximum absolute atomic E-state index is 13.5. The number of fused-ring (bicyclic) bond motifs is 1. The summed E-state index contributed by atoms with van der Waals surface area (Å²) in [5.41, 5.74) is 4.06. The second-order valence-electron chi connectivity index (χ2n) is 8.42. The van der Waals surface area contributed by atoms with Gasteiger partial charge in [0.25, 0.3) is 0 Å². The molecule has 0 radical (unpaired) electrons. The lowest BCUT2D eigenvalue weighted by Crippen LogP contribution is -2.40. The van der Waals surface area contributed by atoms with Crippen molar-refractivity contribution in [1.29, 1.82) is 0 Å². The minimum absolute atomic E-state index is 0.0259. The lowest BCUT2D eigenvalue weighted by Gasteiger charge is -2.24. The second-order valence-corrected chi connectivity index (χ2v) is 8.42. The van der Waals surface area contributed by atoms with Crippen molar-refractivity contribution in [1.82, 2.24) is 10.3 Å². The van der Waals surface area contributed by atoms with Crippen molar-refractivity contribution in [2.75, 3.05) is 13.2 Å². The van der Waals surface area contributed by atoms with Crippen LogP contribution in [0.1, 0.15) is 55.7 Å². The fourth-order valence-corrected chi connectivity index (χ4v) is 4.44. The Balaban J connectivity index is 1.62. The quantitative estimate of drug-likeness (QED) is 0.573. The van der Waals surface area contributed by atoms with Crippen molar-refractivity contribution in [3.8, 4) is 0 Å². The normalized spacial score (nSPS) is 19.8. The highest BCUT2D eigenvalue weighted by atomic mass is 19.1. The molecule has 30 heavy (non-hydrogen) atoms. The first-order valence-electron chi connectivity index (χ1n) is 10.7. The molecule has 1 aromatic heterocycles. The fraction of sp³-hybridized carbons (Fsp3) is 0.400. The number of benzene rings is 2. The third-order valence-corrected chi connectivity index (χ3v) is 6.21. The number of carbonyl (C=O) groups is 1. The molecule has 0 unspecified atom stereocenters. The van der Waals surface area contributed by atoms with E-state index in [0.717, 1.165) is 47.9 Å². The molecular weight excluding hydrogens is 379 g/mol. The molecule has 1 saturated heterocycles. The Morgan fingerprint density at radius 1 is 1.27 bits per heavy atom. The van der Waals surface area contributed by atoms with Gasteiger partial charge in [-0.15, -0.1) is 0 Å². The molecule has 0 saturated carbocycles. The van der Waals surface area contributed by atoms with Gasteiger partial charge in [0.2, 0.25) is 5.91 Å². The van der Waals surface area contributed by atoms with Crippen molar-refractivity contribution in [3.63, 3.8) is 0 Å². The van der Waals surface area contributed by atoms with Crippen molar-refractivity contribution in [2.45, 2.75) is 51.0 Å². The van der Waals surface area contributed by atoms with E-state index in [2.05, 4.69) is 35.4 Å². The summed E-state index contributed by atoms with van der Waals surface area (Å²) in [6.07, 6.45) is 5.20. The van der Waals surface area contributed by atoms with E-state index in [1.54, 1.807) is 12.1 Å². The molecule has 1 amide bonds. The van der Waals surface area contributed by atoms with Crippen LogP contribution in [0.3, 0.4) is 0 Å². The van der Waals surface area contributed by atoms with Crippen LogP contribution in [-0.4, -0.2) is 29.6 Å². The number of H-pyrrole nitrogens is 1. The first kappa shape index (κ1) is 20.6. The largest absolute Gasteiger partial charge is 0.373 e. The Morgan fingerprint density at radius 3 is 2.77 bits per heavy atom.